The van der Waals surface area contributed by atoms with Crippen molar-refractivity contribution in [3.8, 4) is 11.8 Å². The minimum absolute atomic E-state index is 0.0653. The van der Waals surface area contributed by atoms with Crippen LogP contribution in [0.15, 0.2) is 88.7 Å². The molecule has 1 fully saturated rings. The van der Waals surface area contributed by atoms with Crippen molar-refractivity contribution in [2.75, 3.05) is 13.2 Å². The summed E-state index contributed by atoms with van der Waals surface area (Å²) in [6.07, 6.45) is 2.52. The fourth-order valence-electron chi connectivity index (χ4n) is 6.84. The Bertz CT molecular complexity index is 2440. The third kappa shape index (κ3) is 5.21. The maximum Gasteiger partial charge on any atom is 0.330 e. The molecular formula is C37H31N5O6. The quantitative estimate of drug-likeness (QED) is 0.129. The Morgan fingerprint density at radius 2 is 1.58 bits per heavy atom. The average molecular weight is 642 g/mol. The van der Waals surface area contributed by atoms with Gasteiger partial charge < -0.3 is 19.7 Å². The highest BCUT2D eigenvalue weighted by atomic mass is 16.6. The Balaban J connectivity index is 1.10. The van der Waals surface area contributed by atoms with Gasteiger partial charge in [0.2, 0.25) is 0 Å². The zero-order chi connectivity index (χ0) is 32.8. The molecule has 1 aliphatic rings. The fourth-order valence-corrected chi connectivity index (χ4v) is 6.84. The molecule has 1 aliphatic heterocycles. The number of ether oxygens (including phenoxy) is 2. The van der Waals surface area contributed by atoms with Crippen molar-refractivity contribution in [1.29, 1.82) is 0 Å². The molecule has 0 saturated carbocycles. The van der Waals surface area contributed by atoms with Crippen molar-refractivity contribution < 1.29 is 19.7 Å². The second kappa shape index (κ2) is 12.3. The van der Waals surface area contributed by atoms with E-state index in [9.17, 15) is 14.7 Å². The SMILES string of the molecule is O=c1[nH]c(=O)n([C@H]2C[C@H](OCn3cc(CCCO)nn3)[C@@H](CO)O2)cc1C#Cc1ccc2c3cccc4cccc(c5cccc1c52)c43. The molecule has 0 unspecified atom stereocenters. The number of nitrogens with one attached hydrogen (secondary N) is 1. The second-order valence-electron chi connectivity index (χ2n) is 12.0. The first kappa shape index (κ1) is 30.0. The third-order valence-electron chi connectivity index (χ3n) is 9.09. The van der Waals surface area contributed by atoms with Gasteiger partial charge in [-0.2, -0.15) is 0 Å². The summed E-state index contributed by atoms with van der Waals surface area (Å²) in [4.78, 5) is 28.2. The van der Waals surface area contributed by atoms with Gasteiger partial charge in [0.15, 0.2) is 0 Å². The van der Waals surface area contributed by atoms with E-state index >= 15 is 0 Å². The van der Waals surface area contributed by atoms with Gasteiger partial charge in [-0.15, -0.1) is 5.10 Å². The Labute approximate surface area is 273 Å². The zero-order valence-corrected chi connectivity index (χ0v) is 25.8. The molecule has 11 heteroatoms. The van der Waals surface area contributed by atoms with Gasteiger partial charge in [0.25, 0.3) is 5.56 Å². The van der Waals surface area contributed by atoms with Crippen molar-refractivity contribution in [3.63, 3.8) is 0 Å². The summed E-state index contributed by atoms with van der Waals surface area (Å²) in [5.74, 6) is 6.20. The van der Waals surface area contributed by atoms with Crippen molar-refractivity contribution in [2.24, 2.45) is 0 Å². The van der Waals surface area contributed by atoms with E-state index in [1.807, 2.05) is 18.2 Å². The molecule has 8 rings (SSSR count). The Morgan fingerprint density at radius 3 is 2.35 bits per heavy atom. The van der Waals surface area contributed by atoms with Crippen LogP contribution in [0.3, 0.4) is 0 Å². The molecule has 0 spiro atoms. The van der Waals surface area contributed by atoms with Crippen LogP contribution in [-0.4, -0.2) is 60.2 Å². The first-order valence-electron chi connectivity index (χ1n) is 15.9. The number of aromatic nitrogens is 5. The van der Waals surface area contributed by atoms with Gasteiger partial charge in [0, 0.05) is 24.8 Å². The van der Waals surface area contributed by atoms with Gasteiger partial charge in [-0.1, -0.05) is 77.7 Å². The van der Waals surface area contributed by atoms with E-state index in [1.165, 1.54) is 37.0 Å². The number of aliphatic hydroxyl groups is 2. The summed E-state index contributed by atoms with van der Waals surface area (Å²) in [6.45, 7) is -0.192. The highest BCUT2D eigenvalue weighted by Crippen LogP contribution is 2.40. The molecule has 11 nitrogen and oxygen atoms in total. The highest BCUT2D eigenvalue weighted by molar-refractivity contribution is 6.33. The summed E-state index contributed by atoms with van der Waals surface area (Å²) >= 11 is 0. The number of rotatable bonds is 8. The van der Waals surface area contributed by atoms with Crippen molar-refractivity contribution in [3.05, 3.63) is 117 Å². The number of benzene rings is 5. The lowest BCUT2D eigenvalue weighted by Crippen LogP contribution is -2.33. The number of hydrogen-bond donors (Lipinski definition) is 3. The largest absolute Gasteiger partial charge is 0.396 e. The van der Waals surface area contributed by atoms with E-state index in [0.29, 0.717) is 12.8 Å². The topological polar surface area (TPSA) is 144 Å². The first-order valence-corrected chi connectivity index (χ1v) is 15.9. The molecule has 0 radical (unpaired) electrons. The van der Waals surface area contributed by atoms with Crippen LogP contribution in [0.2, 0.25) is 0 Å². The van der Waals surface area contributed by atoms with Crippen molar-refractivity contribution >= 4 is 43.1 Å². The van der Waals surface area contributed by atoms with Crippen LogP contribution in [0.4, 0.5) is 0 Å². The number of aromatic amines is 1. The van der Waals surface area contributed by atoms with Crippen LogP contribution in [0.25, 0.3) is 43.1 Å². The summed E-state index contributed by atoms with van der Waals surface area (Å²) in [6, 6.07) is 23.0. The number of aryl methyl sites for hydroxylation is 1. The van der Waals surface area contributed by atoms with Gasteiger partial charge in [0.1, 0.15) is 24.6 Å². The average Bonchev–Trinajstić information content (AvgIpc) is 3.75. The normalized spacial score (nSPS) is 17.9. The van der Waals surface area contributed by atoms with E-state index in [0.717, 1.165) is 32.8 Å². The minimum Gasteiger partial charge on any atom is -0.396 e. The van der Waals surface area contributed by atoms with E-state index in [2.05, 4.69) is 75.7 Å². The van der Waals surface area contributed by atoms with Crippen molar-refractivity contribution in [1.82, 2.24) is 24.5 Å². The van der Waals surface area contributed by atoms with Gasteiger partial charge in [-0.05, 0) is 62.0 Å². The van der Waals surface area contributed by atoms with Crippen LogP contribution in [0.1, 0.15) is 35.9 Å². The fraction of sp³-hybridized carbons (Fsp3) is 0.243. The summed E-state index contributed by atoms with van der Waals surface area (Å²) in [5, 5.41) is 36.3. The molecule has 0 bridgehead atoms. The number of nitrogens with zero attached hydrogens (tertiary/aromatic N) is 4. The Morgan fingerprint density at radius 1 is 0.875 bits per heavy atom. The van der Waals surface area contributed by atoms with Crippen molar-refractivity contribution in [2.45, 2.75) is 44.4 Å². The molecule has 3 heterocycles. The Kier molecular flexibility index (Phi) is 7.70. The number of hydrogen-bond acceptors (Lipinski definition) is 8. The van der Waals surface area contributed by atoms with E-state index < -0.39 is 29.7 Å². The van der Waals surface area contributed by atoms with E-state index in [-0.39, 0.29) is 31.9 Å². The van der Waals surface area contributed by atoms with E-state index in [4.69, 9.17) is 14.6 Å². The van der Waals surface area contributed by atoms with E-state index in [1.54, 1.807) is 6.20 Å². The maximum absolute atomic E-state index is 12.9. The second-order valence-corrected chi connectivity index (χ2v) is 12.0. The molecule has 0 aliphatic carbocycles. The molecular weight excluding hydrogens is 610 g/mol. The van der Waals surface area contributed by atoms with Gasteiger partial charge in [0.05, 0.1) is 24.6 Å². The highest BCUT2D eigenvalue weighted by Gasteiger charge is 2.37. The number of aliphatic hydroxyl groups excluding tert-OH is 2. The summed E-state index contributed by atoms with van der Waals surface area (Å²) in [7, 11) is 0. The molecule has 7 aromatic rings. The third-order valence-corrected chi connectivity index (χ3v) is 9.09. The lowest BCUT2D eigenvalue weighted by atomic mass is 9.88. The summed E-state index contributed by atoms with van der Waals surface area (Å²) < 4.78 is 14.8. The monoisotopic (exact) mass is 641 g/mol. The zero-order valence-electron chi connectivity index (χ0n) is 25.8. The first-order chi connectivity index (χ1) is 23.5. The van der Waals surface area contributed by atoms with Gasteiger partial charge >= 0.3 is 5.69 Å². The van der Waals surface area contributed by atoms with Crippen LogP contribution in [0, 0.1) is 11.8 Å². The molecule has 1 saturated heterocycles. The molecule has 3 atom stereocenters. The number of H-pyrrole nitrogens is 1. The number of fused-ring (bicyclic) bond motifs is 2. The molecule has 2 aromatic heterocycles. The lowest BCUT2D eigenvalue weighted by molar-refractivity contribution is -0.0771. The Hall–Kier alpha value is -5.38. The molecule has 240 valence electrons. The standard InChI is InChI=1S/C37H31N5O6/c43-16-4-7-25-19-41(40-39-25)21-47-31-17-33(48-32(31)20-44)42-18-24(36(45)38-37(42)46)13-12-22-14-15-30-28-10-2-6-23-5-1-9-27(34(23)28)29-11-3-8-26(22)35(29)30/h1-3,5-6,8-11,14-15,18-19,31-33,43-44H,4,7,16-17,20-21H2,(H,38,45,46)/t31-,32+,33+/m0/s1. The maximum atomic E-state index is 12.9. The van der Waals surface area contributed by atoms with Crippen LogP contribution < -0.4 is 11.2 Å². The minimum atomic E-state index is -0.795. The molecule has 48 heavy (non-hydrogen) atoms. The predicted octanol–water partition coefficient (Wildman–Crippen LogP) is 3.83. The smallest absolute Gasteiger partial charge is 0.330 e. The van der Waals surface area contributed by atoms with Gasteiger partial charge in [-0.25, -0.2) is 9.48 Å². The lowest BCUT2D eigenvalue weighted by Gasteiger charge is -2.16. The summed E-state index contributed by atoms with van der Waals surface area (Å²) in [5.41, 5.74) is 0.359. The molecule has 0 amide bonds. The molecule has 3 N–H and O–H groups in total. The van der Waals surface area contributed by atoms with Crippen LogP contribution >= 0.6 is 0 Å². The molecule has 5 aromatic carbocycles. The van der Waals surface area contributed by atoms with Gasteiger partial charge in [-0.3, -0.25) is 14.3 Å². The van der Waals surface area contributed by atoms with Crippen LogP contribution in [0.5, 0.6) is 0 Å². The van der Waals surface area contributed by atoms with Crippen LogP contribution in [-0.2, 0) is 22.6 Å². The predicted molar refractivity (Wildman–Crippen MR) is 181 cm³/mol.